The summed E-state index contributed by atoms with van der Waals surface area (Å²) < 4.78 is 0. The molecule has 0 fully saturated rings. The van der Waals surface area contributed by atoms with Crippen LogP contribution in [0.2, 0.25) is 0 Å². The molecular weight excluding hydrogens is 184 g/mol. The highest BCUT2D eigenvalue weighted by molar-refractivity contribution is 7.09. The molecule has 1 aromatic rings. The molecule has 1 heterocycles. The lowest BCUT2D eigenvalue weighted by Crippen LogP contribution is -2.28. The summed E-state index contributed by atoms with van der Waals surface area (Å²) in [4.78, 5) is 4.41. The molecule has 3 nitrogen and oxygen atoms in total. The van der Waals surface area contributed by atoms with Gasteiger partial charge in [0.05, 0.1) is 17.3 Å². The number of aliphatic hydroxyl groups is 1. The van der Waals surface area contributed by atoms with Crippen LogP contribution in [0.5, 0.6) is 0 Å². The third-order valence-corrected chi connectivity index (χ3v) is 2.85. The molecule has 0 saturated heterocycles. The van der Waals surface area contributed by atoms with Gasteiger partial charge in [0.25, 0.3) is 0 Å². The summed E-state index contributed by atoms with van der Waals surface area (Å²) in [5.74, 6) is 0. The molecule has 1 aromatic heterocycles. The fourth-order valence-corrected chi connectivity index (χ4v) is 1.68. The maximum atomic E-state index is 8.78. The highest BCUT2D eigenvalue weighted by Crippen LogP contribution is 2.09. The van der Waals surface area contributed by atoms with E-state index in [1.807, 2.05) is 6.92 Å². The van der Waals surface area contributed by atoms with Gasteiger partial charge >= 0.3 is 0 Å². The Hall–Kier alpha value is -0.450. The molecule has 0 aliphatic rings. The standard InChI is InChI=1S/C9H16N2OS/c1-3-9-11-8(6-13-9)4-10-7(2)5-12/h6-7,10,12H,3-5H2,1-2H3/t7-/m0/s1. The number of aryl methyl sites for hydroxylation is 1. The Morgan fingerprint density at radius 3 is 3.00 bits per heavy atom. The Kier molecular flexibility index (Phi) is 4.35. The zero-order valence-electron chi connectivity index (χ0n) is 8.08. The van der Waals surface area contributed by atoms with Crippen molar-refractivity contribution in [2.45, 2.75) is 32.9 Å². The highest BCUT2D eigenvalue weighted by atomic mass is 32.1. The fourth-order valence-electron chi connectivity index (χ4n) is 0.936. The van der Waals surface area contributed by atoms with Crippen LogP contribution in [0.4, 0.5) is 0 Å². The maximum Gasteiger partial charge on any atom is 0.0926 e. The molecule has 0 radical (unpaired) electrons. The van der Waals surface area contributed by atoms with Crippen molar-refractivity contribution in [3.05, 3.63) is 16.1 Å². The molecule has 0 spiro atoms. The number of nitrogens with zero attached hydrogens (tertiary/aromatic N) is 1. The van der Waals surface area contributed by atoms with Crippen molar-refractivity contribution < 1.29 is 5.11 Å². The van der Waals surface area contributed by atoms with Crippen molar-refractivity contribution >= 4 is 11.3 Å². The number of hydrogen-bond acceptors (Lipinski definition) is 4. The van der Waals surface area contributed by atoms with Gasteiger partial charge in [0.1, 0.15) is 0 Å². The summed E-state index contributed by atoms with van der Waals surface area (Å²) in [5.41, 5.74) is 1.07. The molecule has 1 rings (SSSR count). The van der Waals surface area contributed by atoms with E-state index in [9.17, 15) is 0 Å². The molecule has 0 amide bonds. The van der Waals surface area contributed by atoms with E-state index < -0.39 is 0 Å². The first kappa shape index (κ1) is 10.6. The van der Waals surface area contributed by atoms with E-state index in [0.717, 1.165) is 18.7 Å². The van der Waals surface area contributed by atoms with Gasteiger partial charge in [-0.2, -0.15) is 0 Å². The van der Waals surface area contributed by atoms with E-state index >= 15 is 0 Å². The van der Waals surface area contributed by atoms with Crippen LogP contribution in [-0.2, 0) is 13.0 Å². The lowest BCUT2D eigenvalue weighted by molar-refractivity contribution is 0.250. The average molecular weight is 200 g/mol. The molecule has 1 atom stereocenters. The predicted octanol–water partition coefficient (Wildman–Crippen LogP) is 1.18. The van der Waals surface area contributed by atoms with E-state index in [4.69, 9.17) is 5.11 Å². The molecule has 0 aliphatic carbocycles. The smallest absolute Gasteiger partial charge is 0.0926 e. The Morgan fingerprint density at radius 1 is 1.69 bits per heavy atom. The minimum atomic E-state index is 0.145. The van der Waals surface area contributed by atoms with E-state index in [-0.39, 0.29) is 12.6 Å². The van der Waals surface area contributed by atoms with Gasteiger partial charge in [0, 0.05) is 18.0 Å². The maximum absolute atomic E-state index is 8.78. The highest BCUT2D eigenvalue weighted by Gasteiger charge is 2.02. The van der Waals surface area contributed by atoms with Crippen LogP contribution in [0.25, 0.3) is 0 Å². The molecule has 0 saturated carbocycles. The summed E-state index contributed by atoms with van der Waals surface area (Å²) in [6.07, 6.45) is 1.00. The molecular formula is C9H16N2OS. The molecule has 0 aromatic carbocycles. The quantitative estimate of drug-likeness (QED) is 0.750. The van der Waals surface area contributed by atoms with Crippen molar-refractivity contribution in [1.82, 2.24) is 10.3 Å². The number of aromatic nitrogens is 1. The van der Waals surface area contributed by atoms with Crippen molar-refractivity contribution in [3.63, 3.8) is 0 Å². The second-order valence-corrected chi connectivity index (χ2v) is 3.99. The minimum Gasteiger partial charge on any atom is -0.395 e. The molecule has 74 valence electrons. The first-order valence-corrected chi connectivity index (χ1v) is 5.41. The SMILES string of the molecule is CCc1nc(CN[C@@H](C)CO)cs1. The summed E-state index contributed by atoms with van der Waals surface area (Å²) in [7, 11) is 0. The molecule has 2 N–H and O–H groups in total. The predicted molar refractivity (Wildman–Crippen MR) is 54.9 cm³/mol. The first-order chi connectivity index (χ1) is 6.26. The summed E-state index contributed by atoms with van der Waals surface area (Å²) in [6.45, 7) is 4.97. The van der Waals surface area contributed by atoms with Gasteiger partial charge in [-0.3, -0.25) is 0 Å². The lowest BCUT2D eigenvalue weighted by Gasteiger charge is -2.08. The zero-order chi connectivity index (χ0) is 9.68. The first-order valence-electron chi connectivity index (χ1n) is 4.53. The molecule has 0 bridgehead atoms. The number of hydrogen-bond donors (Lipinski definition) is 2. The van der Waals surface area contributed by atoms with Crippen LogP contribution in [0.1, 0.15) is 24.5 Å². The van der Waals surface area contributed by atoms with Crippen molar-refractivity contribution in [2.24, 2.45) is 0 Å². The van der Waals surface area contributed by atoms with Crippen LogP contribution in [0.15, 0.2) is 5.38 Å². The van der Waals surface area contributed by atoms with Crippen LogP contribution in [0, 0.1) is 0 Å². The monoisotopic (exact) mass is 200 g/mol. The number of thiazole rings is 1. The molecule has 4 heteroatoms. The van der Waals surface area contributed by atoms with E-state index in [1.165, 1.54) is 5.01 Å². The molecule has 13 heavy (non-hydrogen) atoms. The average Bonchev–Trinajstić information content (AvgIpc) is 2.61. The number of aliphatic hydroxyl groups excluding tert-OH is 1. The van der Waals surface area contributed by atoms with Crippen LogP contribution in [-0.4, -0.2) is 22.7 Å². The van der Waals surface area contributed by atoms with Crippen LogP contribution >= 0.6 is 11.3 Å². The van der Waals surface area contributed by atoms with Gasteiger partial charge in [-0.05, 0) is 13.3 Å². The molecule has 0 unspecified atom stereocenters. The largest absolute Gasteiger partial charge is 0.395 e. The van der Waals surface area contributed by atoms with E-state index in [2.05, 4.69) is 22.6 Å². The van der Waals surface area contributed by atoms with Crippen molar-refractivity contribution in [1.29, 1.82) is 0 Å². The van der Waals surface area contributed by atoms with Gasteiger partial charge in [0.2, 0.25) is 0 Å². The number of rotatable bonds is 5. The summed E-state index contributed by atoms with van der Waals surface area (Å²) >= 11 is 1.70. The Labute approximate surface area is 82.8 Å². The summed E-state index contributed by atoms with van der Waals surface area (Å²) in [6, 6.07) is 0.145. The van der Waals surface area contributed by atoms with E-state index in [1.54, 1.807) is 11.3 Å². The third-order valence-electron chi connectivity index (χ3n) is 1.81. The normalized spacial score (nSPS) is 13.2. The Balaban J connectivity index is 2.36. The zero-order valence-corrected chi connectivity index (χ0v) is 8.90. The Bertz CT molecular complexity index is 250. The second-order valence-electron chi connectivity index (χ2n) is 3.05. The van der Waals surface area contributed by atoms with Crippen LogP contribution in [0.3, 0.4) is 0 Å². The third kappa shape index (κ3) is 3.42. The summed E-state index contributed by atoms with van der Waals surface area (Å²) in [5, 5.41) is 15.2. The topological polar surface area (TPSA) is 45.2 Å². The second kappa shape index (κ2) is 5.32. The van der Waals surface area contributed by atoms with E-state index in [0.29, 0.717) is 0 Å². The van der Waals surface area contributed by atoms with Gasteiger partial charge in [-0.1, -0.05) is 6.92 Å². The lowest BCUT2D eigenvalue weighted by atomic mass is 10.3. The van der Waals surface area contributed by atoms with Gasteiger partial charge in [-0.25, -0.2) is 4.98 Å². The fraction of sp³-hybridized carbons (Fsp3) is 0.667. The minimum absolute atomic E-state index is 0.145. The van der Waals surface area contributed by atoms with Crippen molar-refractivity contribution in [2.75, 3.05) is 6.61 Å². The van der Waals surface area contributed by atoms with Crippen molar-refractivity contribution in [3.8, 4) is 0 Å². The van der Waals surface area contributed by atoms with Gasteiger partial charge in [-0.15, -0.1) is 11.3 Å². The Morgan fingerprint density at radius 2 is 2.46 bits per heavy atom. The van der Waals surface area contributed by atoms with Gasteiger partial charge < -0.3 is 10.4 Å². The number of nitrogens with one attached hydrogen (secondary N) is 1. The van der Waals surface area contributed by atoms with Gasteiger partial charge in [0.15, 0.2) is 0 Å². The van der Waals surface area contributed by atoms with Crippen LogP contribution < -0.4 is 5.32 Å². The molecule has 0 aliphatic heterocycles.